The third-order valence-corrected chi connectivity index (χ3v) is 4.63. The Labute approximate surface area is 159 Å². The average molecular weight is 367 g/mol. The van der Waals surface area contributed by atoms with Gasteiger partial charge >= 0.3 is 0 Å². The highest BCUT2D eigenvalue weighted by Gasteiger charge is 2.24. The zero-order valence-corrected chi connectivity index (χ0v) is 16.0. The van der Waals surface area contributed by atoms with Crippen LogP contribution in [0.25, 0.3) is 0 Å². The van der Waals surface area contributed by atoms with E-state index >= 15 is 0 Å². The smallest absolute Gasteiger partial charge is 0.272 e. The van der Waals surface area contributed by atoms with Gasteiger partial charge in [0.1, 0.15) is 17.3 Å². The van der Waals surface area contributed by atoms with Gasteiger partial charge in [-0.15, -0.1) is 0 Å². The van der Waals surface area contributed by atoms with E-state index in [1.165, 1.54) is 5.56 Å². The predicted molar refractivity (Wildman–Crippen MR) is 103 cm³/mol. The minimum Gasteiger partial charge on any atom is -0.366 e. The topological polar surface area (TPSA) is 78.4 Å². The van der Waals surface area contributed by atoms with Gasteiger partial charge < -0.3 is 15.1 Å². The largest absolute Gasteiger partial charge is 0.366 e. The second-order valence-electron chi connectivity index (χ2n) is 6.83. The minimum absolute atomic E-state index is 0.0441. The number of carbonyl (C=O) groups is 2. The number of carbonyl (C=O) groups excluding carboxylic acids is 2. The Hall–Kier alpha value is -2.96. The Morgan fingerprint density at radius 3 is 2.41 bits per heavy atom. The molecule has 1 aromatic carbocycles. The molecule has 142 valence electrons. The molecule has 7 nitrogen and oxygen atoms in total. The molecule has 27 heavy (non-hydrogen) atoms. The number of nitrogens with zero attached hydrogens (tertiary/aromatic N) is 4. The van der Waals surface area contributed by atoms with E-state index in [1.807, 2.05) is 6.07 Å². The number of piperazine rings is 1. The first-order valence-corrected chi connectivity index (χ1v) is 9.12. The maximum absolute atomic E-state index is 12.8. The summed E-state index contributed by atoms with van der Waals surface area (Å²) >= 11 is 0. The Morgan fingerprint density at radius 2 is 1.74 bits per heavy atom. The van der Waals surface area contributed by atoms with E-state index in [0.717, 1.165) is 5.56 Å². The number of aryl methyl sites for hydroxylation is 2. The molecule has 1 fully saturated rings. The number of anilines is 1. The molecule has 1 N–H and O–H groups in total. The molecule has 2 amide bonds. The lowest BCUT2D eigenvalue weighted by atomic mass is 10.1. The van der Waals surface area contributed by atoms with Crippen molar-refractivity contribution in [3.63, 3.8) is 0 Å². The van der Waals surface area contributed by atoms with E-state index in [4.69, 9.17) is 0 Å². The number of amides is 2. The molecule has 1 aliphatic heterocycles. The lowest BCUT2D eigenvalue weighted by Gasteiger charge is -2.34. The lowest BCUT2D eigenvalue weighted by molar-refractivity contribution is -0.130. The van der Waals surface area contributed by atoms with Crippen LogP contribution in [0, 0.1) is 13.8 Å². The minimum atomic E-state index is -0.123. The summed E-state index contributed by atoms with van der Waals surface area (Å²) in [5.41, 5.74) is 2.73. The van der Waals surface area contributed by atoms with Crippen molar-refractivity contribution in [1.82, 2.24) is 19.8 Å². The van der Waals surface area contributed by atoms with Crippen molar-refractivity contribution in [2.75, 3.05) is 31.5 Å². The summed E-state index contributed by atoms with van der Waals surface area (Å²) in [5, 5.41) is 3.27. The Morgan fingerprint density at radius 1 is 1.04 bits per heavy atom. The van der Waals surface area contributed by atoms with Gasteiger partial charge in [0.2, 0.25) is 5.91 Å². The molecule has 0 radical (unpaired) electrons. The molecule has 2 heterocycles. The zero-order chi connectivity index (χ0) is 19.4. The molecule has 0 unspecified atom stereocenters. The Bertz CT molecular complexity index is 844. The van der Waals surface area contributed by atoms with Gasteiger partial charge in [0, 0.05) is 45.7 Å². The molecule has 0 aliphatic carbocycles. The van der Waals surface area contributed by atoms with Gasteiger partial charge in [0.15, 0.2) is 0 Å². The Balaban J connectivity index is 1.67. The standard InChI is InChI=1S/C20H25N5O2/c1-14-5-4-6-17(11-14)13-21-19-12-18(22-15(2)23-19)20(27)25-9-7-24(8-10-25)16(3)26/h4-6,11-12H,7-10,13H2,1-3H3,(H,21,22,23). The third-order valence-electron chi connectivity index (χ3n) is 4.63. The first kappa shape index (κ1) is 18.8. The normalized spacial score (nSPS) is 14.2. The van der Waals surface area contributed by atoms with Gasteiger partial charge in [0.25, 0.3) is 5.91 Å². The maximum atomic E-state index is 12.8. The SMILES string of the molecule is CC(=O)N1CCN(C(=O)c2cc(NCc3cccc(C)c3)nc(C)n2)CC1. The van der Waals surface area contributed by atoms with Crippen LogP contribution < -0.4 is 5.32 Å². The number of hydrogen-bond acceptors (Lipinski definition) is 5. The molecule has 1 aliphatic rings. The molecule has 0 bridgehead atoms. The van der Waals surface area contributed by atoms with Crippen LogP contribution >= 0.6 is 0 Å². The first-order valence-electron chi connectivity index (χ1n) is 9.12. The van der Waals surface area contributed by atoms with E-state index in [9.17, 15) is 9.59 Å². The highest BCUT2D eigenvalue weighted by molar-refractivity contribution is 5.93. The van der Waals surface area contributed by atoms with Crippen molar-refractivity contribution in [2.24, 2.45) is 0 Å². The highest BCUT2D eigenvalue weighted by Crippen LogP contribution is 2.13. The summed E-state index contributed by atoms with van der Waals surface area (Å²) in [4.78, 5) is 36.4. The van der Waals surface area contributed by atoms with Crippen molar-refractivity contribution >= 4 is 17.6 Å². The predicted octanol–water partition coefficient (Wildman–Crippen LogP) is 2.01. The number of rotatable bonds is 4. The molecule has 0 atom stereocenters. The van der Waals surface area contributed by atoms with Crippen LogP contribution in [0.4, 0.5) is 5.82 Å². The van der Waals surface area contributed by atoms with Gasteiger partial charge in [-0.05, 0) is 19.4 Å². The number of aromatic nitrogens is 2. The fourth-order valence-corrected chi connectivity index (χ4v) is 3.17. The van der Waals surface area contributed by atoms with Gasteiger partial charge in [-0.1, -0.05) is 29.8 Å². The number of nitrogens with one attached hydrogen (secondary N) is 1. The van der Waals surface area contributed by atoms with E-state index in [2.05, 4.69) is 40.4 Å². The summed E-state index contributed by atoms with van der Waals surface area (Å²) in [7, 11) is 0. The highest BCUT2D eigenvalue weighted by atomic mass is 16.2. The molecule has 3 rings (SSSR count). The fourth-order valence-electron chi connectivity index (χ4n) is 3.17. The quantitative estimate of drug-likeness (QED) is 0.894. The van der Waals surface area contributed by atoms with E-state index in [0.29, 0.717) is 50.1 Å². The molecule has 7 heteroatoms. The third kappa shape index (κ3) is 4.81. The first-order chi connectivity index (χ1) is 12.9. The maximum Gasteiger partial charge on any atom is 0.272 e. The van der Waals surface area contributed by atoms with Gasteiger partial charge in [-0.2, -0.15) is 0 Å². The van der Waals surface area contributed by atoms with Crippen LogP contribution in [0.1, 0.15) is 34.4 Å². The molecular weight excluding hydrogens is 342 g/mol. The molecule has 0 spiro atoms. The van der Waals surface area contributed by atoms with Crippen molar-refractivity contribution < 1.29 is 9.59 Å². The molecular formula is C20H25N5O2. The van der Waals surface area contributed by atoms with Crippen LogP contribution in [0.5, 0.6) is 0 Å². The summed E-state index contributed by atoms with van der Waals surface area (Å²) in [6, 6.07) is 9.94. The summed E-state index contributed by atoms with van der Waals surface area (Å²) < 4.78 is 0. The van der Waals surface area contributed by atoms with Gasteiger partial charge in [-0.3, -0.25) is 9.59 Å². The van der Waals surface area contributed by atoms with Crippen LogP contribution in [-0.2, 0) is 11.3 Å². The van der Waals surface area contributed by atoms with Crippen molar-refractivity contribution in [3.8, 4) is 0 Å². The molecule has 1 saturated heterocycles. The zero-order valence-electron chi connectivity index (χ0n) is 16.0. The van der Waals surface area contributed by atoms with Crippen LogP contribution in [0.3, 0.4) is 0 Å². The van der Waals surface area contributed by atoms with Crippen molar-refractivity contribution in [1.29, 1.82) is 0 Å². The second kappa shape index (κ2) is 8.16. The van der Waals surface area contributed by atoms with Crippen molar-refractivity contribution in [3.05, 3.63) is 53.0 Å². The van der Waals surface area contributed by atoms with E-state index in [-0.39, 0.29) is 11.8 Å². The van der Waals surface area contributed by atoms with E-state index < -0.39 is 0 Å². The molecule has 1 aromatic heterocycles. The summed E-state index contributed by atoms with van der Waals surface area (Å²) in [6.45, 7) is 8.18. The monoisotopic (exact) mass is 367 g/mol. The summed E-state index contributed by atoms with van der Waals surface area (Å²) in [5.74, 6) is 1.11. The second-order valence-corrected chi connectivity index (χ2v) is 6.83. The fraction of sp³-hybridized carbons (Fsp3) is 0.400. The van der Waals surface area contributed by atoms with E-state index in [1.54, 1.807) is 29.7 Å². The Kier molecular flexibility index (Phi) is 5.69. The molecule has 2 aromatic rings. The van der Waals surface area contributed by atoms with Crippen LogP contribution in [0.2, 0.25) is 0 Å². The number of hydrogen-bond donors (Lipinski definition) is 1. The van der Waals surface area contributed by atoms with Gasteiger partial charge in [0.05, 0.1) is 0 Å². The molecule has 0 saturated carbocycles. The van der Waals surface area contributed by atoms with Crippen molar-refractivity contribution in [2.45, 2.75) is 27.3 Å². The summed E-state index contributed by atoms with van der Waals surface area (Å²) in [6.07, 6.45) is 0. The van der Waals surface area contributed by atoms with Crippen LogP contribution in [0.15, 0.2) is 30.3 Å². The lowest BCUT2D eigenvalue weighted by Crippen LogP contribution is -2.50. The average Bonchev–Trinajstić information content (AvgIpc) is 2.65. The van der Waals surface area contributed by atoms with Crippen LogP contribution in [-0.4, -0.2) is 57.8 Å². The van der Waals surface area contributed by atoms with Gasteiger partial charge in [-0.25, -0.2) is 9.97 Å². The number of benzene rings is 1.